The van der Waals surface area contributed by atoms with E-state index >= 15 is 0 Å². The fourth-order valence-electron chi connectivity index (χ4n) is 4.37. The third kappa shape index (κ3) is 4.98. The van der Waals surface area contributed by atoms with E-state index in [4.69, 9.17) is 5.73 Å². The van der Waals surface area contributed by atoms with Gasteiger partial charge in [-0.05, 0) is 55.6 Å². The molecule has 1 amide bonds. The Morgan fingerprint density at radius 2 is 1.84 bits per heavy atom. The molecule has 0 fully saturated rings. The molecule has 3 aromatic carbocycles. The highest BCUT2D eigenvalue weighted by atomic mass is 16.6. The van der Waals surface area contributed by atoms with Gasteiger partial charge in [-0.3, -0.25) is 14.9 Å². The minimum absolute atomic E-state index is 0.0807. The maximum atomic E-state index is 13.2. The predicted molar refractivity (Wildman–Crippen MR) is 145 cm³/mol. The zero-order valence-electron chi connectivity index (χ0n) is 20.2. The standard InChI is InChI=1S/C28H26N6O3/c1-17-30-16-25(31-17)19-8-10-21(11-9-19)32-27(20-6-4-18(5-7-20)3-2-14-29)26-23-15-22(34(36)37)12-13-24(23)33-28(26)35/h4-13,15-16,32H,2-3,14,29H2,1H3,(H,30,31)(H,33,35)/b27-26-. The van der Waals surface area contributed by atoms with Crippen molar-refractivity contribution in [3.63, 3.8) is 0 Å². The molecule has 0 unspecified atom stereocenters. The first-order valence-electron chi connectivity index (χ1n) is 12.0. The van der Waals surface area contributed by atoms with Crippen molar-refractivity contribution in [2.75, 3.05) is 17.2 Å². The number of H-pyrrole nitrogens is 1. The van der Waals surface area contributed by atoms with Crippen LogP contribution in [0.25, 0.3) is 22.5 Å². The van der Waals surface area contributed by atoms with Gasteiger partial charge in [0, 0.05) is 40.8 Å². The molecule has 0 spiro atoms. The largest absolute Gasteiger partial charge is 0.354 e. The van der Waals surface area contributed by atoms with Crippen LogP contribution in [-0.4, -0.2) is 27.3 Å². The summed E-state index contributed by atoms with van der Waals surface area (Å²) in [6, 6.07) is 20.0. The molecule has 0 saturated carbocycles. The number of rotatable bonds is 8. The van der Waals surface area contributed by atoms with Crippen molar-refractivity contribution in [1.82, 2.24) is 9.97 Å². The van der Waals surface area contributed by atoms with E-state index in [1.165, 1.54) is 12.1 Å². The summed E-state index contributed by atoms with van der Waals surface area (Å²) in [5.41, 5.74) is 12.0. The molecule has 9 heteroatoms. The van der Waals surface area contributed by atoms with Gasteiger partial charge in [-0.1, -0.05) is 36.4 Å². The number of nitrogens with two attached hydrogens (primary N) is 1. The van der Waals surface area contributed by atoms with Crippen LogP contribution < -0.4 is 16.4 Å². The number of fused-ring (bicyclic) bond motifs is 1. The van der Waals surface area contributed by atoms with Crippen LogP contribution in [0.3, 0.4) is 0 Å². The molecule has 0 aliphatic carbocycles. The van der Waals surface area contributed by atoms with Crippen LogP contribution in [0.15, 0.2) is 72.9 Å². The molecule has 0 radical (unpaired) electrons. The summed E-state index contributed by atoms with van der Waals surface area (Å²) in [6.45, 7) is 2.51. The maximum Gasteiger partial charge on any atom is 0.270 e. The number of carbonyl (C=O) groups excluding carboxylic acids is 1. The minimum atomic E-state index is -0.463. The molecule has 37 heavy (non-hydrogen) atoms. The molecule has 2 heterocycles. The number of carbonyl (C=O) groups is 1. The average molecular weight is 495 g/mol. The second-order valence-corrected chi connectivity index (χ2v) is 8.85. The number of aromatic nitrogens is 2. The van der Waals surface area contributed by atoms with Crippen molar-refractivity contribution in [2.45, 2.75) is 19.8 Å². The van der Waals surface area contributed by atoms with Crippen LogP contribution in [-0.2, 0) is 11.2 Å². The van der Waals surface area contributed by atoms with Gasteiger partial charge in [-0.2, -0.15) is 0 Å². The van der Waals surface area contributed by atoms with Crippen molar-refractivity contribution in [3.05, 3.63) is 106 Å². The van der Waals surface area contributed by atoms with Crippen LogP contribution in [0, 0.1) is 17.0 Å². The number of amides is 1. The van der Waals surface area contributed by atoms with E-state index in [1.54, 1.807) is 6.07 Å². The lowest BCUT2D eigenvalue weighted by Gasteiger charge is -2.16. The van der Waals surface area contributed by atoms with E-state index in [9.17, 15) is 14.9 Å². The van der Waals surface area contributed by atoms with Gasteiger partial charge in [0.25, 0.3) is 11.6 Å². The topological polar surface area (TPSA) is 139 Å². The zero-order valence-corrected chi connectivity index (χ0v) is 20.2. The lowest BCUT2D eigenvalue weighted by molar-refractivity contribution is -0.384. The van der Waals surface area contributed by atoms with Crippen molar-refractivity contribution >= 4 is 34.2 Å². The molecule has 5 rings (SSSR count). The number of hydrogen-bond donors (Lipinski definition) is 4. The Hall–Kier alpha value is -4.76. The number of anilines is 2. The molecular formula is C28H26N6O3. The third-order valence-electron chi connectivity index (χ3n) is 6.28. The summed E-state index contributed by atoms with van der Waals surface area (Å²) in [5.74, 6) is 0.507. The summed E-state index contributed by atoms with van der Waals surface area (Å²) in [7, 11) is 0. The second kappa shape index (κ2) is 10.1. The number of non-ortho nitro benzene ring substituents is 1. The molecule has 5 N–H and O–H groups in total. The van der Waals surface area contributed by atoms with Gasteiger partial charge >= 0.3 is 0 Å². The SMILES string of the molecule is Cc1nc(-c2ccc(N/C(=C3\C(=O)Nc4ccc([N+](=O)[O-])cc43)c3ccc(CCCN)cc3)cc2)c[nH]1. The van der Waals surface area contributed by atoms with Crippen LogP contribution in [0.2, 0.25) is 0 Å². The Balaban J connectivity index is 1.58. The molecule has 186 valence electrons. The molecule has 1 aliphatic heterocycles. The van der Waals surface area contributed by atoms with Crippen LogP contribution >= 0.6 is 0 Å². The number of nitro groups is 1. The average Bonchev–Trinajstić information content (AvgIpc) is 3.48. The number of nitrogens with zero attached hydrogens (tertiary/aromatic N) is 2. The molecule has 1 aliphatic rings. The molecular weight excluding hydrogens is 468 g/mol. The maximum absolute atomic E-state index is 13.2. The van der Waals surface area contributed by atoms with Gasteiger partial charge in [-0.15, -0.1) is 0 Å². The first kappa shape index (κ1) is 24.0. The van der Waals surface area contributed by atoms with Crippen molar-refractivity contribution < 1.29 is 9.72 Å². The number of benzene rings is 3. The minimum Gasteiger partial charge on any atom is -0.354 e. The van der Waals surface area contributed by atoms with Crippen LogP contribution in [0.1, 0.15) is 28.9 Å². The summed E-state index contributed by atoms with van der Waals surface area (Å²) >= 11 is 0. The first-order chi connectivity index (χ1) is 17.9. The summed E-state index contributed by atoms with van der Waals surface area (Å²) in [6.07, 6.45) is 3.59. The highest BCUT2D eigenvalue weighted by Gasteiger charge is 2.30. The lowest BCUT2D eigenvalue weighted by atomic mass is 9.98. The van der Waals surface area contributed by atoms with E-state index in [0.29, 0.717) is 29.1 Å². The Bertz CT molecular complexity index is 1500. The number of nitrogens with one attached hydrogen (secondary N) is 3. The van der Waals surface area contributed by atoms with Gasteiger partial charge in [-0.25, -0.2) is 4.98 Å². The van der Waals surface area contributed by atoms with Crippen LogP contribution in [0.4, 0.5) is 17.1 Å². The van der Waals surface area contributed by atoms with E-state index in [2.05, 4.69) is 20.6 Å². The Morgan fingerprint density at radius 3 is 2.49 bits per heavy atom. The van der Waals surface area contributed by atoms with Gasteiger partial charge in [0.1, 0.15) is 5.82 Å². The monoisotopic (exact) mass is 494 g/mol. The normalized spacial score (nSPS) is 13.7. The van der Waals surface area contributed by atoms with Gasteiger partial charge in [0.2, 0.25) is 0 Å². The van der Waals surface area contributed by atoms with Crippen molar-refractivity contribution in [1.29, 1.82) is 0 Å². The highest BCUT2D eigenvalue weighted by Crippen LogP contribution is 2.39. The Morgan fingerprint density at radius 1 is 1.08 bits per heavy atom. The van der Waals surface area contributed by atoms with Crippen molar-refractivity contribution in [3.8, 4) is 11.3 Å². The van der Waals surface area contributed by atoms with Gasteiger partial charge < -0.3 is 21.4 Å². The van der Waals surface area contributed by atoms with Crippen molar-refractivity contribution in [2.24, 2.45) is 5.73 Å². The number of imidazole rings is 1. The zero-order chi connectivity index (χ0) is 25.9. The number of aromatic amines is 1. The predicted octanol–water partition coefficient (Wildman–Crippen LogP) is 5.12. The highest BCUT2D eigenvalue weighted by molar-refractivity contribution is 6.37. The summed E-state index contributed by atoms with van der Waals surface area (Å²) < 4.78 is 0. The molecule has 1 aromatic heterocycles. The summed E-state index contributed by atoms with van der Waals surface area (Å²) in [5, 5.41) is 17.7. The Kier molecular flexibility index (Phi) is 6.53. The summed E-state index contributed by atoms with van der Waals surface area (Å²) in [4.78, 5) is 31.7. The molecule has 0 saturated heterocycles. The molecule has 4 aromatic rings. The molecule has 9 nitrogen and oxygen atoms in total. The number of aryl methyl sites for hydroxylation is 2. The lowest BCUT2D eigenvalue weighted by Crippen LogP contribution is -2.10. The van der Waals surface area contributed by atoms with E-state index in [0.717, 1.165) is 46.7 Å². The second-order valence-electron chi connectivity index (χ2n) is 8.85. The van der Waals surface area contributed by atoms with Gasteiger partial charge in [0.05, 0.1) is 21.9 Å². The molecule has 0 bridgehead atoms. The van der Waals surface area contributed by atoms with E-state index < -0.39 is 4.92 Å². The molecule has 0 atom stereocenters. The van der Waals surface area contributed by atoms with Crippen LogP contribution in [0.5, 0.6) is 0 Å². The quantitative estimate of drug-likeness (QED) is 0.152. The number of hydrogen-bond acceptors (Lipinski definition) is 6. The first-order valence-corrected chi connectivity index (χ1v) is 12.0. The third-order valence-corrected chi connectivity index (χ3v) is 6.28. The fraction of sp³-hybridized carbons (Fsp3) is 0.143. The smallest absolute Gasteiger partial charge is 0.270 e. The number of nitro benzene ring substituents is 1. The Labute approximate surface area is 213 Å². The van der Waals surface area contributed by atoms with Gasteiger partial charge in [0.15, 0.2) is 0 Å². The fourth-order valence-corrected chi connectivity index (χ4v) is 4.37. The van der Waals surface area contributed by atoms with E-state index in [-0.39, 0.29) is 11.6 Å². The van der Waals surface area contributed by atoms with E-state index in [1.807, 2.05) is 61.7 Å².